The molecule has 2 rings (SSSR count). The average Bonchev–Trinajstić information content (AvgIpc) is 2.46. The molecule has 3 heteroatoms. The normalized spacial score (nSPS) is 12.3. The maximum Gasteiger partial charge on any atom is 0.255 e. The van der Waals surface area contributed by atoms with Crippen molar-refractivity contribution in [3.63, 3.8) is 0 Å². The summed E-state index contributed by atoms with van der Waals surface area (Å²) in [6.45, 7) is 4.17. The van der Waals surface area contributed by atoms with E-state index >= 15 is 0 Å². The molecule has 21 heavy (non-hydrogen) atoms. The summed E-state index contributed by atoms with van der Waals surface area (Å²) in [5, 5.41) is 14.9. The van der Waals surface area contributed by atoms with Gasteiger partial charge in [0, 0.05) is 6.04 Å². The van der Waals surface area contributed by atoms with Gasteiger partial charge in [0.1, 0.15) is 5.75 Å². The van der Waals surface area contributed by atoms with E-state index in [2.05, 4.69) is 12.2 Å². The largest absolute Gasteiger partial charge is 0.507 e. The van der Waals surface area contributed by atoms with Crippen LogP contribution in [0.15, 0.2) is 36.4 Å². The Labute approximate surface area is 126 Å². The van der Waals surface area contributed by atoms with Gasteiger partial charge in [-0.2, -0.15) is 0 Å². The number of hydrogen-bond acceptors (Lipinski definition) is 2. The summed E-state index contributed by atoms with van der Waals surface area (Å²) >= 11 is 0. The number of unbranched alkanes of at least 4 members (excludes halogenated alkanes) is 2. The van der Waals surface area contributed by atoms with Gasteiger partial charge in [-0.15, -0.1) is 0 Å². The fourth-order valence-corrected chi connectivity index (χ4v) is 2.48. The Morgan fingerprint density at radius 1 is 1.19 bits per heavy atom. The monoisotopic (exact) mass is 285 g/mol. The molecule has 0 saturated heterocycles. The Balaban J connectivity index is 2.10. The van der Waals surface area contributed by atoms with Crippen molar-refractivity contribution in [1.82, 2.24) is 5.32 Å². The minimum Gasteiger partial charge on any atom is -0.507 e. The topological polar surface area (TPSA) is 49.3 Å². The molecule has 0 bridgehead atoms. The van der Waals surface area contributed by atoms with Gasteiger partial charge >= 0.3 is 0 Å². The van der Waals surface area contributed by atoms with E-state index in [-0.39, 0.29) is 17.7 Å². The SMILES string of the molecule is CCCCCC(C)NC(=O)c1cc2ccccc2cc1O. The second-order valence-corrected chi connectivity index (χ2v) is 5.59. The van der Waals surface area contributed by atoms with Crippen LogP contribution in [0.4, 0.5) is 0 Å². The molecule has 1 amide bonds. The number of hydrogen-bond donors (Lipinski definition) is 2. The Morgan fingerprint density at radius 2 is 1.86 bits per heavy atom. The number of fused-ring (bicyclic) bond motifs is 1. The van der Waals surface area contributed by atoms with Crippen molar-refractivity contribution in [3.8, 4) is 5.75 Å². The third kappa shape index (κ3) is 3.97. The number of benzene rings is 2. The van der Waals surface area contributed by atoms with Crippen LogP contribution in [0, 0.1) is 0 Å². The highest BCUT2D eigenvalue weighted by molar-refractivity contribution is 6.01. The summed E-state index contributed by atoms with van der Waals surface area (Å²) in [7, 11) is 0. The number of carbonyl (C=O) groups is 1. The second-order valence-electron chi connectivity index (χ2n) is 5.59. The molecule has 0 fully saturated rings. The summed E-state index contributed by atoms with van der Waals surface area (Å²) in [6.07, 6.45) is 4.43. The van der Waals surface area contributed by atoms with Gasteiger partial charge in [0.15, 0.2) is 0 Å². The first-order valence-electron chi connectivity index (χ1n) is 7.64. The molecular weight excluding hydrogens is 262 g/mol. The minimum absolute atomic E-state index is 0.0342. The first kappa shape index (κ1) is 15.4. The zero-order valence-corrected chi connectivity index (χ0v) is 12.7. The van der Waals surface area contributed by atoms with E-state index in [1.54, 1.807) is 12.1 Å². The van der Waals surface area contributed by atoms with Gasteiger partial charge in [-0.05, 0) is 36.2 Å². The predicted octanol–water partition coefficient (Wildman–Crippen LogP) is 4.24. The van der Waals surface area contributed by atoms with Gasteiger partial charge in [-0.3, -0.25) is 4.79 Å². The van der Waals surface area contributed by atoms with Crippen molar-refractivity contribution < 1.29 is 9.90 Å². The number of carbonyl (C=O) groups excluding carboxylic acids is 1. The molecule has 0 aromatic heterocycles. The first-order chi connectivity index (χ1) is 10.1. The summed E-state index contributed by atoms with van der Waals surface area (Å²) in [6, 6.07) is 11.2. The highest BCUT2D eigenvalue weighted by atomic mass is 16.3. The van der Waals surface area contributed by atoms with Gasteiger partial charge in [0.05, 0.1) is 5.56 Å². The van der Waals surface area contributed by atoms with Crippen LogP contribution < -0.4 is 5.32 Å². The van der Waals surface area contributed by atoms with Crippen LogP contribution in [0.25, 0.3) is 10.8 Å². The number of amides is 1. The fourth-order valence-electron chi connectivity index (χ4n) is 2.48. The van der Waals surface area contributed by atoms with Crippen LogP contribution in [-0.4, -0.2) is 17.1 Å². The molecular formula is C18H23NO2. The lowest BCUT2D eigenvalue weighted by molar-refractivity contribution is 0.0935. The number of nitrogens with one attached hydrogen (secondary N) is 1. The van der Waals surface area contributed by atoms with E-state index in [4.69, 9.17) is 0 Å². The summed E-state index contributed by atoms with van der Waals surface area (Å²) in [4.78, 5) is 12.3. The Morgan fingerprint density at radius 3 is 2.52 bits per heavy atom. The van der Waals surface area contributed by atoms with Crippen molar-refractivity contribution in [1.29, 1.82) is 0 Å². The quantitative estimate of drug-likeness (QED) is 0.780. The average molecular weight is 285 g/mol. The lowest BCUT2D eigenvalue weighted by Crippen LogP contribution is -2.32. The van der Waals surface area contributed by atoms with E-state index < -0.39 is 0 Å². The van der Waals surface area contributed by atoms with E-state index in [0.29, 0.717) is 5.56 Å². The predicted molar refractivity (Wildman–Crippen MR) is 86.7 cm³/mol. The van der Waals surface area contributed by atoms with Crippen LogP contribution in [0.3, 0.4) is 0 Å². The highest BCUT2D eigenvalue weighted by Gasteiger charge is 2.14. The van der Waals surface area contributed by atoms with Crippen molar-refractivity contribution in [2.24, 2.45) is 0 Å². The molecule has 0 aliphatic rings. The second kappa shape index (κ2) is 7.11. The van der Waals surface area contributed by atoms with Gasteiger partial charge < -0.3 is 10.4 Å². The molecule has 2 aromatic carbocycles. The van der Waals surface area contributed by atoms with Gasteiger partial charge in [-0.1, -0.05) is 50.5 Å². The maximum absolute atomic E-state index is 12.3. The lowest BCUT2D eigenvalue weighted by Gasteiger charge is -2.14. The summed E-state index contributed by atoms with van der Waals surface area (Å²) in [5.74, 6) is -0.172. The molecule has 2 N–H and O–H groups in total. The Bertz CT molecular complexity index is 622. The van der Waals surface area contributed by atoms with Crippen LogP contribution >= 0.6 is 0 Å². The molecule has 1 atom stereocenters. The minimum atomic E-state index is -0.206. The summed E-state index contributed by atoms with van der Waals surface area (Å²) < 4.78 is 0. The van der Waals surface area contributed by atoms with Crippen molar-refractivity contribution in [2.45, 2.75) is 45.6 Å². The number of aromatic hydroxyl groups is 1. The van der Waals surface area contributed by atoms with E-state index in [1.165, 1.54) is 12.8 Å². The fraction of sp³-hybridized carbons (Fsp3) is 0.389. The molecule has 0 spiro atoms. The molecule has 0 radical (unpaired) electrons. The van der Waals surface area contributed by atoms with E-state index in [0.717, 1.165) is 23.6 Å². The van der Waals surface area contributed by atoms with Crippen molar-refractivity contribution >= 4 is 16.7 Å². The van der Waals surface area contributed by atoms with Crippen LogP contribution in [-0.2, 0) is 0 Å². The van der Waals surface area contributed by atoms with Crippen LogP contribution in [0.1, 0.15) is 49.9 Å². The molecule has 0 aliphatic heterocycles. The molecule has 112 valence electrons. The molecule has 2 aromatic rings. The van der Waals surface area contributed by atoms with Crippen LogP contribution in [0.2, 0.25) is 0 Å². The van der Waals surface area contributed by atoms with Gasteiger partial charge in [0.2, 0.25) is 0 Å². The zero-order valence-electron chi connectivity index (χ0n) is 12.7. The molecule has 3 nitrogen and oxygen atoms in total. The Hall–Kier alpha value is -2.03. The zero-order chi connectivity index (χ0) is 15.2. The third-order valence-corrected chi connectivity index (χ3v) is 3.73. The number of phenolic OH excluding ortho intramolecular Hbond substituents is 1. The number of rotatable bonds is 6. The number of phenols is 1. The summed E-state index contributed by atoms with van der Waals surface area (Å²) in [5.41, 5.74) is 0.344. The highest BCUT2D eigenvalue weighted by Crippen LogP contribution is 2.25. The lowest BCUT2D eigenvalue weighted by atomic mass is 10.0. The maximum atomic E-state index is 12.3. The molecule has 1 unspecified atom stereocenters. The third-order valence-electron chi connectivity index (χ3n) is 3.73. The van der Waals surface area contributed by atoms with E-state index in [1.807, 2.05) is 31.2 Å². The Kier molecular flexibility index (Phi) is 5.20. The van der Waals surface area contributed by atoms with E-state index in [9.17, 15) is 9.90 Å². The van der Waals surface area contributed by atoms with Gasteiger partial charge in [0.25, 0.3) is 5.91 Å². The van der Waals surface area contributed by atoms with Gasteiger partial charge in [-0.25, -0.2) is 0 Å². The molecule has 0 saturated carbocycles. The van der Waals surface area contributed by atoms with Crippen molar-refractivity contribution in [2.75, 3.05) is 0 Å². The van der Waals surface area contributed by atoms with Crippen LogP contribution in [0.5, 0.6) is 5.75 Å². The first-order valence-corrected chi connectivity index (χ1v) is 7.64. The molecule has 0 aliphatic carbocycles. The smallest absolute Gasteiger partial charge is 0.255 e. The van der Waals surface area contributed by atoms with Crippen molar-refractivity contribution in [3.05, 3.63) is 42.0 Å². The molecule has 0 heterocycles. The standard InChI is InChI=1S/C18H23NO2/c1-3-4-5-8-13(2)19-18(21)16-11-14-9-6-7-10-15(14)12-17(16)20/h6-7,9-13,20H,3-5,8H2,1-2H3,(H,19,21).